The van der Waals surface area contributed by atoms with Crippen molar-refractivity contribution in [3.05, 3.63) is 29.8 Å². The van der Waals surface area contributed by atoms with Gasteiger partial charge in [-0.25, -0.2) is 0 Å². The summed E-state index contributed by atoms with van der Waals surface area (Å²) in [6.45, 7) is 1.99. The predicted octanol–water partition coefficient (Wildman–Crippen LogP) is 1.38. The largest absolute Gasteiger partial charge is 0.349 e. The number of carbonyl (C=O) groups is 2. The lowest BCUT2D eigenvalue weighted by Crippen LogP contribution is -2.35. The molecule has 0 aliphatic carbocycles. The van der Waals surface area contributed by atoms with E-state index in [9.17, 15) is 9.59 Å². The first-order valence-corrected chi connectivity index (χ1v) is 6.79. The van der Waals surface area contributed by atoms with Crippen molar-refractivity contribution in [2.24, 2.45) is 5.73 Å². The van der Waals surface area contributed by atoms with Gasteiger partial charge in [-0.15, -0.1) is 0 Å². The van der Waals surface area contributed by atoms with Crippen molar-refractivity contribution in [1.82, 2.24) is 4.90 Å². The number of nitrogens with one attached hydrogen (secondary N) is 1. The van der Waals surface area contributed by atoms with Crippen molar-refractivity contribution >= 4 is 17.5 Å². The van der Waals surface area contributed by atoms with Gasteiger partial charge in [0.25, 0.3) is 0 Å². The topological polar surface area (TPSA) is 75.4 Å². The Morgan fingerprint density at radius 1 is 1.25 bits per heavy atom. The second-order valence-corrected chi connectivity index (χ2v) is 5.05. The van der Waals surface area contributed by atoms with Crippen molar-refractivity contribution in [1.29, 1.82) is 0 Å². The minimum atomic E-state index is -0.477. The normalized spacial score (nSPS) is 11.8. The molecule has 110 valence electrons. The molecule has 0 saturated carbocycles. The summed E-state index contributed by atoms with van der Waals surface area (Å²) in [5.74, 6) is -0.129. The Labute approximate surface area is 120 Å². The molecule has 0 aromatic heterocycles. The van der Waals surface area contributed by atoms with E-state index in [2.05, 4.69) is 5.32 Å². The lowest BCUT2D eigenvalue weighted by molar-refractivity contribution is -0.128. The molecule has 1 unspecified atom stereocenters. The van der Waals surface area contributed by atoms with Gasteiger partial charge in [0.2, 0.25) is 11.8 Å². The van der Waals surface area contributed by atoms with Crippen LogP contribution in [0.4, 0.5) is 5.69 Å². The molecule has 0 spiro atoms. The van der Waals surface area contributed by atoms with Gasteiger partial charge >= 0.3 is 0 Å². The fourth-order valence-electron chi connectivity index (χ4n) is 1.72. The quantitative estimate of drug-likeness (QED) is 0.825. The Hall–Kier alpha value is -1.88. The van der Waals surface area contributed by atoms with Crippen molar-refractivity contribution in [2.45, 2.75) is 32.2 Å². The fourth-order valence-corrected chi connectivity index (χ4v) is 1.72. The summed E-state index contributed by atoms with van der Waals surface area (Å²) in [5.41, 5.74) is 7.36. The van der Waals surface area contributed by atoms with Gasteiger partial charge in [0.15, 0.2) is 0 Å². The average molecular weight is 277 g/mol. The van der Waals surface area contributed by atoms with Gasteiger partial charge in [-0.1, -0.05) is 25.5 Å². The number of anilines is 1. The monoisotopic (exact) mass is 277 g/mol. The first-order valence-electron chi connectivity index (χ1n) is 6.79. The zero-order valence-electron chi connectivity index (χ0n) is 12.3. The van der Waals surface area contributed by atoms with Crippen LogP contribution in [0.1, 0.15) is 25.3 Å². The number of rotatable bonds is 6. The third kappa shape index (κ3) is 5.01. The van der Waals surface area contributed by atoms with Gasteiger partial charge in [0.1, 0.15) is 0 Å². The lowest BCUT2D eigenvalue weighted by Gasteiger charge is -2.12. The van der Waals surface area contributed by atoms with Crippen LogP contribution in [0, 0.1) is 0 Å². The Bertz CT molecular complexity index is 455. The average Bonchev–Trinajstić information content (AvgIpc) is 2.41. The maximum absolute atomic E-state index is 11.8. The first kappa shape index (κ1) is 16.2. The van der Waals surface area contributed by atoms with Crippen molar-refractivity contribution in [3.8, 4) is 0 Å². The number of nitrogens with zero attached hydrogens (tertiary/aromatic N) is 1. The molecular weight excluding hydrogens is 254 g/mol. The van der Waals surface area contributed by atoms with E-state index in [0.29, 0.717) is 18.5 Å². The third-order valence-electron chi connectivity index (χ3n) is 3.01. The Balaban J connectivity index is 2.58. The maximum Gasteiger partial charge on any atom is 0.241 e. The van der Waals surface area contributed by atoms with Crippen LogP contribution in [0.15, 0.2) is 24.3 Å². The molecule has 5 nitrogen and oxygen atoms in total. The highest BCUT2D eigenvalue weighted by Gasteiger charge is 2.12. The molecule has 0 radical (unpaired) electrons. The number of amides is 2. The van der Waals surface area contributed by atoms with E-state index >= 15 is 0 Å². The second kappa shape index (κ2) is 7.65. The summed E-state index contributed by atoms with van der Waals surface area (Å²) in [5, 5.41) is 2.77. The highest BCUT2D eigenvalue weighted by Crippen LogP contribution is 2.11. The van der Waals surface area contributed by atoms with Crippen molar-refractivity contribution < 1.29 is 9.59 Å². The number of nitrogens with two attached hydrogens (primary N) is 1. The van der Waals surface area contributed by atoms with Crippen LogP contribution in [0.25, 0.3) is 0 Å². The maximum atomic E-state index is 11.8. The van der Waals surface area contributed by atoms with Crippen molar-refractivity contribution in [2.75, 3.05) is 19.4 Å². The van der Waals surface area contributed by atoms with Crippen LogP contribution in [0.2, 0.25) is 0 Å². The molecule has 1 aromatic rings. The van der Waals surface area contributed by atoms with Crippen LogP contribution in [-0.2, 0) is 16.0 Å². The van der Waals surface area contributed by atoms with Crippen LogP contribution < -0.4 is 11.1 Å². The summed E-state index contributed by atoms with van der Waals surface area (Å²) in [6, 6.07) is 6.77. The van der Waals surface area contributed by atoms with Crippen molar-refractivity contribution in [3.63, 3.8) is 0 Å². The third-order valence-corrected chi connectivity index (χ3v) is 3.01. The highest BCUT2D eigenvalue weighted by atomic mass is 16.2. The summed E-state index contributed by atoms with van der Waals surface area (Å²) in [6.07, 6.45) is 1.90. The van der Waals surface area contributed by atoms with Gasteiger partial charge < -0.3 is 16.0 Å². The highest BCUT2D eigenvalue weighted by molar-refractivity contribution is 5.94. The molecule has 2 amide bonds. The molecule has 0 aliphatic heterocycles. The number of benzene rings is 1. The molecular formula is C15H23N3O2. The molecule has 0 saturated heterocycles. The van der Waals surface area contributed by atoms with Gasteiger partial charge in [0.05, 0.1) is 12.5 Å². The number of hydrogen-bond donors (Lipinski definition) is 2. The van der Waals surface area contributed by atoms with E-state index in [1.807, 2.05) is 19.1 Å². The zero-order valence-corrected chi connectivity index (χ0v) is 12.3. The Kier molecular flexibility index (Phi) is 6.18. The lowest BCUT2D eigenvalue weighted by atomic mass is 10.1. The SMILES string of the molecule is CCCC(N)C(=O)Nc1ccc(CC(=O)N(C)C)cc1. The summed E-state index contributed by atoms with van der Waals surface area (Å²) in [4.78, 5) is 24.9. The Morgan fingerprint density at radius 2 is 1.85 bits per heavy atom. The predicted molar refractivity (Wildman–Crippen MR) is 80.4 cm³/mol. The molecule has 3 N–H and O–H groups in total. The summed E-state index contributed by atoms with van der Waals surface area (Å²) < 4.78 is 0. The van der Waals surface area contributed by atoms with Gasteiger partial charge in [0, 0.05) is 19.8 Å². The summed E-state index contributed by atoms with van der Waals surface area (Å²) >= 11 is 0. The molecule has 1 aromatic carbocycles. The van der Waals surface area contributed by atoms with Crippen LogP contribution in [-0.4, -0.2) is 36.9 Å². The van der Waals surface area contributed by atoms with E-state index in [-0.39, 0.29) is 11.8 Å². The molecule has 5 heteroatoms. The molecule has 0 fully saturated rings. The second-order valence-electron chi connectivity index (χ2n) is 5.05. The number of likely N-dealkylation sites (N-methyl/N-ethyl adjacent to an activating group) is 1. The zero-order chi connectivity index (χ0) is 15.1. The minimum absolute atomic E-state index is 0.0479. The van der Waals surface area contributed by atoms with Gasteiger partial charge in [-0.05, 0) is 24.1 Å². The molecule has 0 heterocycles. The van der Waals surface area contributed by atoms with Crippen LogP contribution >= 0.6 is 0 Å². The standard InChI is InChI=1S/C15H23N3O2/c1-4-5-13(16)15(20)17-12-8-6-11(7-9-12)10-14(19)18(2)3/h6-9,13H,4-5,10,16H2,1-3H3,(H,17,20). The molecule has 1 atom stereocenters. The number of hydrogen-bond acceptors (Lipinski definition) is 3. The van der Waals surface area contributed by atoms with E-state index in [0.717, 1.165) is 12.0 Å². The molecule has 20 heavy (non-hydrogen) atoms. The molecule has 0 bridgehead atoms. The molecule has 1 rings (SSSR count). The minimum Gasteiger partial charge on any atom is -0.349 e. The van der Waals surface area contributed by atoms with E-state index in [1.165, 1.54) is 0 Å². The first-order chi connectivity index (χ1) is 9.43. The fraction of sp³-hybridized carbons (Fsp3) is 0.467. The van der Waals surface area contributed by atoms with Gasteiger partial charge in [-0.3, -0.25) is 9.59 Å². The van der Waals surface area contributed by atoms with Crippen LogP contribution in [0.3, 0.4) is 0 Å². The Morgan fingerprint density at radius 3 is 2.35 bits per heavy atom. The number of carbonyl (C=O) groups excluding carboxylic acids is 2. The smallest absolute Gasteiger partial charge is 0.241 e. The van der Waals surface area contributed by atoms with E-state index < -0.39 is 6.04 Å². The van der Waals surface area contributed by atoms with Crippen LogP contribution in [0.5, 0.6) is 0 Å². The van der Waals surface area contributed by atoms with E-state index in [1.54, 1.807) is 31.1 Å². The molecule has 0 aliphatic rings. The summed E-state index contributed by atoms with van der Waals surface area (Å²) in [7, 11) is 3.46. The van der Waals surface area contributed by atoms with E-state index in [4.69, 9.17) is 5.73 Å². The van der Waals surface area contributed by atoms with Gasteiger partial charge in [-0.2, -0.15) is 0 Å².